The lowest BCUT2D eigenvalue weighted by Gasteiger charge is -2.25. The number of ether oxygens (including phenoxy) is 1. The van der Waals surface area contributed by atoms with Gasteiger partial charge in [0.1, 0.15) is 6.61 Å². The molecule has 0 heterocycles. The predicted octanol–water partition coefficient (Wildman–Crippen LogP) is 2.53. The van der Waals surface area contributed by atoms with E-state index < -0.39 is 6.10 Å². The van der Waals surface area contributed by atoms with Crippen molar-refractivity contribution in [3.8, 4) is 12.3 Å². The Balaban J connectivity index is 2.58. The molecule has 0 aromatic heterocycles. The number of nitrogens with zero attached hydrogens (tertiary/aromatic N) is 1. The molecule has 21 heavy (non-hydrogen) atoms. The average Bonchev–Trinajstić information content (AvgIpc) is 2.42. The lowest BCUT2D eigenvalue weighted by atomic mass is 10.1. The van der Waals surface area contributed by atoms with Gasteiger partial charge in [-0.05, 0) is 37.9 Å². The summed E-state index contributed by atoms with van der Waals surface area (Å²) >= 11 is 0. The summed E-state index contributed by atoms with van der Waals surface area (Å²) in [5.74, 6) is 2.41. The van der Waals surface area contributed by atoms with E-state index in [1.165, 1.54) is 16.7 Å². The summed E-state index contributed by atoms with van der Waals surface area (Å²) in [5.41, 5.74) is 3.89. The van der Waals surface area contributed by atoms with Crippen LogP contribution in [0.3, 0.4) is 0 Å². The Bertz CT molecular complexity index is 465. The summed E-state index contributed by atoms with van der Waals surface area (Å²) in [7, 11) is 0. The van der Waals surface area contributed by atoms with Gasteiger partial charge in [-0.25, -0.2) is 0 Å². The number of benzene rings is 1. The van der Waals surface area contributed by atoms with Crippen LogP contribution in [0, 0.1) is 26.2 Å². The van der Waals surface area contributed by atoms with Crippen molar-refractivity contribution in [1.29, 1.82) is 0 Å². The van der Waals surface area contributed by atoms with Gasteiger partial charge in [0.25, 0.3) is 0 Å². The van der Waals surface area contributed by atoms with E-state index in [0.29, 0.717) is 6.54 Å². The van der Waals surface area contributed by atoms with Crippen LogP contribution >= 0.6 is 0 Å². The molecule has 3 nitrogen and oxygen atoms in total. The summed E-state index contributed by atoms with van der Waals surface area (Å²) in [5, 5.41) is 10.0. The lowest BCUT2D eigenvalue weighted by molar-refractivity contribution is 0.0261. The van der Waals surface area contributed by atoms with Gasteiger partial charge in [-0.1, -0.05) is 36.6 Å². The second-order valence-corrected chi connectivity index (χ2v) is 5.54. The van der Waals surface area contributed by atoms with E-state index in [1.807, 2.05) is 0 Å². The van der Waals surface area contributed by atoms with E-state index in [4.69, 9.17) is 11.2 Å². The smallest absolute Gasteiger partial charge is 0.107 e. The lowest BCUT2D eigenvalue weighted by Crippen LogP contribution is -2.35. The summed E-state index contributed by atoms with van der Waals surface area (Å²) in [4.78, 5) is 2.27. The average molecular weight is 289 g/mol. The van der Waals surface area contributed by atoms with E-state index in [9.17, 15) is 5.11 Å². The first-order valence-electron chi connectivity index (χ1n) is 7.54. The summed E-state index contributed by atoms with van der Waals surface area (Å²) < 4.78 is 5.20. The summed E-state index contributed by atoms with van der Waals surface area (Å²) in [6, 6.07) is 6.51. The molecule has 0 aliphatic carbocycles. The van der Waals surface area contributed by atoms with Gasteiger partial charge < -0.3 is 9.84 Å². The summed E-state index contributed by atoms with van der Waals surface area (Å²) in [6.07, 6.45) is 5.68. The fourth-order valence-corrected chi connectivity index (χ4v) is 2.42. The maximum atomic E-state index is 10.0. The maximum absolute atomic E-state index is 10.0. The molecular formula is C18H27NO2. The van der Waals surface area contributed by atoms with Crippen LogP contribution in [0.4, 0.5) is 0 Å². The Morgan fingerprint density at radius 3 is 2.76 bits per heavy atom. The second kappa shape index (κ2) is 9.57. The first kappa shape index (κ1) is 17.7. The second-order valence-electron chi connectivity index (χ2n) is 5.54. The molecule has 0 fully saturated rings. The van der Waals surface area contributed by atoms with Crippen LogP contribution in [0.5, 0.6) is 0 Å². The molecule has 1 atom stereocenters. The highest BCUT2D eigenvalue weighted by Crippen LogP contribution is 2.13. The third kappa shape index (κ3) is 6.77. The van der Waals surface area contributed by atoms with Gasteiger partial charge in [0.2, 0.25) is 0 Å². The van der Waals surface area contributed by atoms with E-state index in [1.54, 1.807) is 0 Å². The molecule has 1 N–H and O–H groups in total. The first-order valence-corrected chi connectivity index (χ1v) is 7.54. The third-order valence-corrected chi connectivity index (χ3v) is 3.40. The number of hydrogen-bond donors (Lipinski definition) is 1. The molecule has 1 aromatic rings. The zero-order valence-electron chi connectivity index (χ0n) is 13.4. The minimum absolute atomic E-state index is 0.252. The number of aryl methyl sites for hydroxylation is 2. The molecule has 0 radical (unpaired) electrons. The van der Waals surface area contributed by atoms with Crippen LogP contribution in [0.2, 0.25) is 0 Å². The maximum Gasteiger partial charge on any atom is 0.107 e. The van der Waals surface area contributed by atoms with Crippen molar-refractivity contribution >= 4 is 0 Å². The molecule has 0 amide bonds. The number of terminal acetylenes is 1. The van der Waals surface area contributed by atoms with Gasteiger partial charge in [-0.15, -0.1) is 6.42 Å². The van der Waals surface area contributed by atoms with Crippen molar-refractivity contribution in [2.24, 2.45) is 0 Å². The van der Waals surface area contributed by atoms with Gasteiger partial charge in [0.05, 0.1) is 12.7 Å². The molecular weight excluding hydrogens is 262 g/mol. The van der Waals surface area contributed by atoms with Crippen LogP contribution in [0.1, 0.15) is 30.0 Å². The van der Waals surface area contributed by atoms with Crippen molar-refractivity contribution in [3.63, 3.8) is 0 Å². The number of aliphatic hydroxyl groups excluding tert-OH is 1. The summed E-state index contributed by atoms with van der Waals surface area (Å²) in [6.45, 7) is 9.35. The van der Waals surface area contributed by atoms with Crippen LogP contribution in [-0.2, 0) is 11.3 Å². The monoisotopic (exact) mass is 289 g/mol. The van der Waals surface area contributed by atoms with Crippen LogP contribution in [0.15, 0.2) is 18.2 Å². The van der Waals surface area contributed by atoms with E-state index in [0.717, 1.165) is 19.5 Å². The zero-order chi connectivity index (χ0) is 15.7. The van der Waals surface area contributed by atoms with Gasteiger partial charge in [0, 0.05) is 13.1 Å². The van der Waals surface area contributed by atoms with Crippen molar-refractivity contribution in [3.05, 3.63) is 34.9 Å². The van der Waals surface area contributed by atoms with Crippen molar-refractivity contribution in [2.45, 2.75) is 39.8 Å². The van der Waals surface area contributed by atoms with Gasteiger partial charge >= 0.3 is 0 Å². The molecule has 0 aliphatic rings. The number of rotatable bonds is 9. The highest BCUT2D eigenvalue weighted by Gasteiger charge is 2.13. The molecule has 0 bridgehead atoms. The molecule has 3 heteroatoms. The molecule has 0 spiro atoms. The molecule has 116 valence electrons. The highest BCUT2D eigenvalue weighted by molar-refractivity contribution is 5.30. The van der Waals surface area contributed by atoms with E-state index in [2.05, 4.69) is 49.8 Å². The van der Waals surface area contributed by atoms with Gasteiger partial charge in [-0.3, -0.25) is 4.90 Å². The van der Waals surface area contributed by atoms with E-state index >= 15 is 0 Å². The molecule has 0 aliphatic heterocycles. The largest absolute Gasteiger partial charge is 0.389 e. The molecule has 0 unspecified atom stereocenters. The third-order valence-electron chi connectivity index (χ3n) is 3.40. The number of hydrogen-bond acceptors (Lipinski definition) is 3. The molecule has 1 rings (SSSR count). The predicted molar refractivity (Wildman–Crippen MR) is 87.1 cm³/mol. The minimum atomic E-state index is -0.504. The Morgan fingerprint density at radius 1 is 1.38 bits per heavy atom. The van der Waals surface area contributed by atoms with Gasteiger partial charge in [0.15, 0.2) is 0 Å². The molecule has 0 saturated heterocycles. The topological polar surface area (TPSA) is 32.7 Å². The Hall–Kier alpha value is -1.34. The fraction of sp³-hybridized carbons (Fsp3) is 0.556. The molecule has 1 aromatic carbocycles. The fourth-order valence-electron chi connectivity index (χ4n) is 2.42. The number of aliphatic hydroxyl groups is 1. The normalized spacial score (nSPS) is 12.4. The van der Waals surface area contributed by atoms with Crippen LogP contribution < -0.4 is 0 Å². The quantitative estimate of drug-likeness (QED) is 0.560. The zero-order valence-corrected chi connectivity index (χ0v) is 13.4. The van der Waals surface area contributed by atoms with Crippen molar-refractivity contribution in [2.75, 3.05) is 26.3 Å². The molecule has 0 saturated carbocycles. The van der Waals surface area contributed by atoms with Crippen LogP contribution in [-0.4, -0.2) is 42.4 Å². The first-order chi connectivity index (χ1) is 10.1. The van der Waals surface area contributed by atoms with Crippen molar-refractivity contribution < 1.29 is 9.84 Å². The van der Waals surface area contributed by atoms with Gasteiger partial charge in [-0.2, -0.15) is 0 Å². The minimum Gasteiger partial charge on any atom is -0.389 e. The Morgan fingerprint density at radius 2 is 2.14 bits per heavy atom. The SMILES string of the molecule is C#CCOC[C@@H](O)CN(CCC)Cc1ccc(C)cc1C. The Kier molecular flexibility index (Phi) is 8.07. The highest BCUT2D eigenvalue weighted by atomic mass is 16.5. The Labute approximate surface area is 128 Å². The van der Waals surface area contributed by atoms with Crippen molar-refractivity contribution in [1.82, 2.24) is 4.90 Å². The van der Waals surface area contributed by atoms with Crippen LogP contribution in [0.25, 0.3) is 0 Å². The van der Waals surface area contributed by atoms with E-state index in [-0.39, 0.29) is 13.2 Å². The standard InChI is InChI=1S/C18H27NO2/c1-5-9-19(13-18(20)14-21-10-6-2)12-17-8-7-15(3)11-16(17)4/h2,7-8,11,18,20H,5,9-10,12-14H2,1,3-4H3/t18-/m0/s1.